The number of likely N-dealkylation sites (tertiary alicyclic amines) is 1. The predicted molar refractivity (Wildman–Crippen MR) is 101 cm³/mol. The lowest BCUT2D eigenvalue weighted by atomic mass is 10.2. The average molecular weight is 368 g/mol. The van der Waals surface area contributed by atoms with E-state index in [1.807, 2.05) is 6.07 Å². The molecule has 1 aliphatic carbocycles. The van der Waals surface area contributed by atoms with Gasteiger partial charge in [0.1, 0.15) is 11.6 Å². The molecular formula is C20H28N6O. The summed E-state index contributed by atoms with van der Waals surface area (Å²) < 4.78 is 4.03. The Morgan fingerprint density at radius 1 is 1.00 bits per heavy atom. The molecule has 7 nitrogen and oxygen atoms in total. The van der Waals surface area contributed by atoms with Crippen LogP contribution < -0.4 is 5.56 Å². The van der Waals surface area contributed by atoms with Gasteiger partial charge in [0.25, 0.3) is 5.56 Å². The van der Waals surface area contributed by atoms with E-state index in [4.69, 9.17) is 0 Å². The third kappa shape index (κ3) is 3.57. The highest BCUT2D eigenvalue weighted by Crippen LogP contribution is 2.38. The van der Waals surface area contributed by atoms with Crippen molar-refractivity contribution < 1.29 is 0 Å². The highest BCUT2D eigenvalue weighted by Gasteiger charge is 2.29. The van der Waals surface area contributed by atoms with Crippen molar-refractivity contribution >= 4 is 0 Å². The second-order valence-electron chi connectivity index (χ2n) is 8.31. The lowest BCUT2D eigenvalue weighted by molar-refractivity contribution is 0.208. The number of aryl methyl sites for hydroxylation is 1. The molecule has 3 aliphatic rings. The number of fused-ring (bicyclic) bond motifs is 1. The van der Waals surface area contributed by atoms with Crippen molar-refractivity contribution in [3.63, 3.8) is 0 Å². The highest BCUT2D eigenvalue weighted by atomic mass is 16.1. The number of nitrogens with zero attached hydrogens (tertiary/aromatic N) is 6. The molecule has 0 spiro atoms. The summed E-state index contributed by atoms with van der Waals surface area (Å²) in [6.45, 7) is 3.61. The normalized spacial score (nSPS) is 23.3. The van der Waals surface area contributed by atoms with Gasteiger partial charge in [-0.25, -0.2) is 4.68 Å². The summed E-state index contributed by atoms with van der Waals surface area (Å²) in [7, 11) is 0. The van der Waals surface area contributed by atoms with Gasteiger partial charge in [0.05, 0.1) is 18.8 Å². The van der Waals surface area contributed by atoms with Crippen molar-refractivity contribution in [1.82, 2.24) is 29.4 Å². The van der Waals surface area contributed by atoms with Crippen LogP contribution in [0.5, 0.6) is 0 Å². The first kappa shape index (κ1) is 17.1. The summed E-state index contributed by atoms with van der Waals surface area (Å²) in [5.41, 5.74) is 1.10. The van der Waals surface area contributed by atoms with Crippen LogP contribution in [-0.2, 0) is 26.1 Å². The van der Waals surface area contributed by atoms with Crippen LogP contribution in [0.1, 0.15) is 68.2 Å². The van der Waals surface area contributed by atoms with Crippen LogP contribution in [0.15, 0.2) is 16.9 Å². The zero-order chi connectivity index (χ0) is 18.2. The maximum atomic E-state index is 12.3. The van der Waals surface area contributed by atoms with E-state index in [2.05, 4.69) is 24.8 Å². The van der Waals surface area contributed by atoms with E-state index < -0.39 is 0 Å². The largest absolute Gasteiger partial charge is 0.314 e. The minimum Gasteiger partial charge on any atom is -0.314 e. The summed E-state index contributed by atoms with van der Waals surface area (Å²) >= 11 is 0. The lowest BCUT2D eigenvalue weighted by Gasteiger charge is -2.24. The first-order valence-corrected chi connectivity index (χ1v) is 10.5. The zero-order valence-corrected chi connectivity index (χ0v) is 15.9. The molecule has 0 bridgehead atoms. The maximum absolute atomic E-state index is 12.3. The van der Waals surface area contributed by atoms with Gasteiger partial charge in [0.15, 0.2) is 0 Å². The van der Waals surface area contributed by atoms with Crippen molar-refractivity contribution in [3.05, 3.63) is 39.8 Å². The number of rotatable bonds is 5. The zero-order valence-electron chi connectivity index (χ0n) is 15.9. The smallest absolute Gasteiger partial charge is 0.266 e. The molecule has 0 amide bonds. The van der Waals surface area contributed by atoms with E-state index in [1.165, 1.54) is 38.5 Å². The van der Waals surface area contributed by atoms with Gasteiger partial charge < -0.3 is 4.57 Å². The molecule has 1 saturated heterocycles. The van der Waals surface area contributed by atoms with Crippen LogP contribution in [0.2, 0.25) is 0 Å². The van der Waals surface area contributed by atoms with Gasteiger partial charge in [-0.05, 0) is 51.1 Å². The first-order valence-electron chi connectivity index (χ1n) is 10.5. The topological polar surface area (TPSA) is 68.8 Å². The van der Waals surface area contributed by atoms with Gasteiger partial charge in [-0.1, -0.05) is 6.42 Å². The van der Waals surface area contributed by atoms with Crippen LogP contribution in [0.4, 0.5) is 0 Å². The van der Waals surface area contributed by atoms with E-state index >= 15 is 0 Å². The maximum Gasteiger partial charge on any atom is 0.266 e. The minimum atomic E-state index is 0.0163. The summed E-state index contributed by atoms with van der Waals surface area (Å²) in [5.74, 6) is 2.81. The molecule has 7 heteroatoms. The SMILES string of the molecule is O=c1ccc(C2CC2)nn1CC1CCCN1Cc1nnc2n1CCCCC2. The molecule has 27 heavy (non-hydrogen) atoms. The Balaban J connectivity index is 1.32. The lowest BCUT2D eigenvalue weighted by Crippen LogP contribution is -2.37. The summed E-state index contributed by atoms with van der Waals surface area (Å²) in [5, 5.41) is 13.6. The fourth-order valence-corrected chi connectivity index (χ4v) is 4.55. The molecule has 2 aliphatic heterocycles. The Morgan fingerprint density at radius 2 is 1.93 bits per heavy atom. The van der Waals surface area contributed by atoms with Crippen molar-refractivity contribution in [3.8, 4) is 0 Å². The van der Waals surface area contributed by atoms with Crippen LogP contribution in [-0.4, -0.2) is 42.0 Å². The Kier molecular flexibility index (Phi) is 4.55. The molecule has 0 aromatic carbocycles. The summed E-state index contributed by atoms with van der Waals surface area (Å²) in [4.78, 5) is 14.8. The first-order chi connectivity index (χ1) is 13.3. The molecule has 0 N–H and O–H groups in total. The molecule has 1 saturated carbocycles. The molecule has 144 valence electrons. The van der Waals surface area contributed by atoms with Gasteiger partial charge >= 0.3 is 0 Å². The molecule has 2 aromatic rings. The Bertz CT molecular complexity index is 868. The predicted octanol–water partition coefficient (Wildman–Crippen LogP) is 2.10. The number of hydrogen-bond acceptors (Lipinski definition) is 5. The standard InChI is InChI=1S/C20H28N6O/c27-20-10-9-17(15-7-8-15)23-26(20)13-16-5-4-11-24(16)14-19-22-21-18-6-2-1-3-12-25(18)19/h9-10,15-16H,1-8,11-14H2. The molecule has 5 rings (SSSR count). The van der Waals surface area contributed by atoms with Crippen molar-refractivity contribution in [2.24, 2.45) is 0 Å². The third-order valence-electron chi connectivity index (χ3n) is 6.30. The molecule has 2 fully saturated rings. The molecule has 2 aromatic heterocycles. The molecule has 4 heterocycles. The van der Waals surface area contributed by atoms with E-state index in [1.54, 1.807) is 10.7 Å². The van der Waals surface area contributed by atoms with Gasteiger partial charge in [0.2, 0.25) is 0 Å². The van der Waals surface area contributed by atoms with Gasteiger partial charge in [-0.15, -0.1) is 10.2 Å². The highest BCUT2D eigenvalue weighted by molar-refractivity contribution is 5.12. The average Bonchev–Trinajstić information content (AvgIpc) is 3.39. The Morgan fingerprint density at radius 3 is 2.81 bits per heavy atom. The van der Waals surface area contributed by atoms with Crippen LogP contribution in [0, 0.1) is 0 Å². The number of aromatic nitrogens is 5. The molecule has 1 unspecified atom stereocenters. The molecule has 1 atom stereocenters. The quantitative estimate of drug-likeness (QED) is 0.808. The fourth-order valence-electron chi connectivity index (χ4n) is 4.55. The Hall–Kier alpha value is -2.02. The van der Waals surface area contributed by atoms with E-state index in [9.17, 15) is 4.79 Å². The van der Waals surface area contributed by atoms with Gasteiger partial charge in [0, 0.05) is 31.0 Å². The second kappa shape index (κ2) is 7.19. The third-order valence-corrected chi connectivity index (χ3v) is 6.30. The van der Waals surface area contributed by atoms with E-state index in [0.29, 0.717) is 18.5 Å². The van der Waals surface area contributed by atoms with Crippen molar-refractivity contribution in [1.29, 1.82) is 0 Å². The number of hydrogen-bond donors (Lipinski definition) is 0. The summed E-state index contributed by atoms with van der Waals surface area (Å²) in [6, 6.07) is 3.95. The fraction of sp³-hybridized carbons (Fsp3) is 0.700. The minimum absolute atomic E-state index is 0.0163. The second-order valence-corrected chi connectivity index (χ2v) is 8.31. The van der Waals surface area contributed by atoms with E-state index in [0.717, 1.165) is 49.8 Å². The van der Waals surface area contributed by atoms with Crippen molar-refractivity contribution in [2.45, 2.75) is 83.0 Å². The monoisotopic (exact) mass is 368 g/mol. The van der Waals surface area contributed by atoms with Gasteiger partial charge in [-0.3, -0.25) is 9.69 Å². The molecular weight excluding hydrogens is 340 g/mol. The van der Waals surface area contributed by atoms with Gasteiger partial charge in [-0.2, -0.15) is 5.10 Å². The van der Waals surface area contributed by atoms with E-state index in [-0.39, 0.29) is 5.56 Å². The van der Waals surface area contributed by atoms with Crippen LogP contribution in [0.3, 0.4) is 0 Å². The van der Waals surface area contributed by atoms with Crippen molar-refractivity contribution in [2.75, 3.05) is 6.54 Å². The Labute approximate surface area is 159 Å². The molecule has 0 radical (unpaired) electrons. The summed E-state index contributed by atoms with van der Waals surface area (Å²) in [6.07, 6.45) is 9.46. The van der Waals surface area contributed by atoms with Crippen LogP contribution >= 0.6 is 0 Å². The van der Waals surface area contributed by atoms with Crippen LogP contribution in [0.25, 0.3) is 0 Å².